The van der Waals surface area contributed by atoms with Crippen molar-refractivity contribution in [3.05, 3.63) is 64.4 Å². The Morgan fingerprint density at radius 2 is 1.87 bits per heavy atom. The van der Waals surface area contributed by atoms with Gasteiger partial charge in [0.15, 0.2) is 5.11 Å². The highest BCUT2D eigenvalue weighted by molar-refractivity contribution is 7.98. The van der Waals surface area contributed by atoms with E-state index in [9.17, 15) is 9.18 Å². The van der Waals surface area contributed by atoms with Crippen molar-refractivity contribution in [2.45, 2.75) is 25.0 Å². The van der Waals surface area contributed by atoms with Crippen LogP contribution in [0.15, 0.2) is 42.5 Å². The van der Waals surface area contributed by atoms with Crippen LogP contribution in [0.25, 0.3) is 0 Å². The van der Waals surface area contributed by atoms with Crippen LogP contribution in [-0.4, -0.2) is 41.3 Å². The van der Waals surface area contributed by atoms with Crippen molar-refractivity contribution < 1.29 is 9.18 Å². The number of nitrogens with zero attached hydrogens (tertiary/aromatic N) is 1. The number of piperidine rings is 1. The number of benzene rings is 2. The summed E-state index contributed by atoms with van der Waals surface area (Å²) in [5.41, 5.74) is 2.06. The van der Waals surface area contributed by atoms with E-state index in [4.69, 9.17) is 23.8 Å². The molecule has 8 heteroatoms. The lowest BCUT2D eigenvalue weighted by Crippen LogP contribution is -2.35. The van der Waals surface area contributed by atoms with E-state index in [1.807, 2.05) is 29.2 Å². The largest absolute Gasteiger partial charge is 0.362 e. The molecule has 0 spiro atoms. The monoisotopic (exact) mass is 465 g/mol. The van der Waals surface area contributed by atoms with Gasteiger partial charge in [-0.3, -0.25) is 4.79 Å². The van der Waals surface area contributed by atoms with E-state index >= 15 is 0 Å². The van der Waals surface area contributed by atoms with Crippen LogP contribution >= 0.6 is 35.6 Å². The van der Waals surface area contributed by atoms with E-state index in [1.165, 1.54) is 12.5 Å². The molecule has 1 heterocycles. The predicted molar refractivity (Wildman–Crippen MR) is 128 cm³/mol. The standard InChI is InChI=1S/C22H25ClFN3OS2/c23-19-5-4-6-20(24)18(19)15-30-14-11-25-22(29)26-17-9-7-16(8-10-17)21(28)27-12-2-1-3-13-27/h4-10H,1-3,11-15H2,(H2,25,26,29). The highest BCUT2D eigenvalue weighted by atomic mass is 35.5. The van der Waals surface area contributed by atoms with Crippen LogP contribution < -0.4 is 10.6 Å². The van der Waals surface area contributed by atoms with Crippen molar-refractivity contribution in [1.82, 2.24) is 10.2 Å². The Labute approximate surface area is 191 Å². The van der Waals surface area contributed by atoms with Gasteiger partial charge in [-0.1, -0.05) is 17.7 Å². The average Bonchev–Trinajstić information content (AvgIpc) is 2.76. The summed E-state index contributed by atoms with van der Waals surface area (Å²) in [6.45, 7) is 2.33. The van der Waals surface area contributed by atoms with Gasteiger partial charge >= 0.3 is 0 Å². The smallest absolute Gasteiger partial charge is 0.253 e. The van der Waals surface area contributed by atoms with Gasteiger partial charge in [-0.25, -0.2) is 4.39 Å². The lowest BCUT2D eigenvalue weighted by atomic mass is 10.1. The van der Waals surface area contributed by atoms with Gasteiger partial charge in [-0.2, -0.15) is 11.8 Å². The van der Waals surface area contributed by atoms with E-state index in [2.05, 4.69) is 10.6 Å². The normalized spacial score (nSPS) is 13.7. The second-order valence-corrected chi connectivity index (χ2v) is 8.98. The SMILES string of the molecule is O=C(c1ccc(NC(=S)NCCSCc2c(F)cccc2Cl)cc1)N1CCCCC1. The Morgan fingerprint density at radius 3 is 2.57 bits per heavy atom. The number of halogens is 2. The fraction of sp³-hybridized carbons (Fsp3) is 0.364. The summed E-state index contributed by atoms with van der Waals surface area (Å²) in [5.74, 6) is 1.09. The summed E-state index contributed by atoms with van der Waals surface area (Å²) in [4.78, 5) is 14.4. The first kappa shape index (κ1) is 22.8. The molecule has 0 aromatic heterocycles. The molecule has 0 saturated carbocycles. The number of carbonyl (C=O) groups excluding carboxylic acids is 1. The van der Waals surface area contributed by atoms with Crippen molar-refractivity contribution in [3.8, 4) is 0 Å². The fourth-order valence-electron chi connectivity index (χ4n) is 3.23. The maximum Gasteiger partial charge on any atom is 0.253 e. The molecule has 0 bridgehead atoms. The second-order valence-electron chi connectivity index (χ2n) is 7.06. The summed E-state index contributed by atoms with van der Waals surface area (Å²) < 4.78 is 13.7. The number of thiocarbonyl (C=S) groups is 1. The topological polar surface area (TPSA) is 44.4 Å². The number of hydrogen-bond acceptors (Lipinski definition) is 3. The van der Waals surface area contributed by atoms with Crippen LogP contribution in [-0.2, 0) is 5.75 Å². The van der Waals surface area contributed by atoms with Crippen LogP contribution in [0.3, 0.4) is 0 Å². The van der Waals surface area contributed by atoms with Gasteiger partial charge in [-0.15, -0.1) is 0 Å². The van der Waals surface area contributed by atoms with Gasteiger partial charge in [0, 0.05) is 53.0 Å². The molecule has 0 aliphatic carbocycles. The molecule has 1 amide bonds. The molecular formula is C22H25ClFN3OS2. The molecular weight excluding hydrogens is 441 g/mol. The second kappa shape index (κ2) is 11.5. The van der Waals surface area contributed by atoms with Crippen LogP contribution in [0.5, 0.6) is 0 Å². The van der Waals surface area contributed by atoms with Crippen LogP contribution in [0.1, 0.15) is 35.2 Å². The van der Waals surface area contributed by atoms with Crippen molar-refractivity contribution in [3.63, 3.8) is 0 Å². The van der Waals surface area contributed by atoms with Gasteiger partial charge in [0.25, 0.3) is 5.91 Å². The first-order valence-corrected chi connectivity index (χ1v) is 11.9. The third kappa shape index (κ3) is 6.59. The Hall–Kier alpha value is -1.83. The van der Waals surface area contributed by atoms with E-state index in [0.29, 0.717) is 33.6 Å². The summed E-state index contributed by atoms with van der Waals surface area (Å²) in [6, 6.07) is 12.1. The minimum absolute atomic E-state index is 0.0916. The number of thioether (sulfide) groups is 1. The maximum atomic E-state index is 13.7. The molecule has 2 aromatic carbocycles. The first-order chi connectivity index (χ1) is 14.5. The number of anilines is 1. The zero-order valence-corrected chi connectivity index (χ0v) is 19.0. The number of hydrogen-bond donors (Lipinski definition) is 2. The van der Waals surface area contributed by atoms with Crippen LogP contribution in [0.4, 0.5) is 10.1 Å². The number of amides is 1. The molecule has 160 valence electrons. The predicted octanol–water partition coefficient (Wildman–Crippen LogP) is 5.33. The molecule has 4 nitrogen and oxygen atoms in total. The summed E-state index contributed by atoms with van der Waals surface area (Å²) >= 11 is 12.9. The van der Waals surface area contributed by atoms with Gasteiger partial charge in [0.05, 0.1) is 0 Å². The number of carbonyl (C=O) groups is 1. The molecule has 3 rings (SSSR count). The zero-order valence-electron chi connectivity index (χ0n) is 16.6. The average molecular weight is 466 g/mol. The Balaban J connectivity index is 1.38. The summed E-state index contributed by atoms with van der Waals surface area (Å²) in [7, 11) is 0. The molecule has 2 N–H and O–H groups in total. The molecule has 0 atom stereocenters. The van der Waals surface area contributed by atoms with Gasteiger partial charge in [-0.05, 0) is 67.9 Å². The summed E-state index contributed by atoms with van der Waals surface area (Å²) in [5, 5.41) is 7.22. The highest BCUT2D eigenvalue weighted by Crippen LogP contribution is 2.23. The highest BCUT2D eigenvalue weighted by Gasteiger charge is 2.17. The van der Waals surface area contributed by atoms with E-state index in [0.717, 1.165) is 37.4 Å². The molecule has 1 fully saturated rings. The molecule has 1 aliphatic heterocycles. The lowest BCUT2D eigenvalue weighted by Gasteiger charge is -2.26. The van der Waals surface area contributed by atoms with E-state index in [-0.39, 0.29) is 11.7 Å². The zero-order chi connectivity index (χ0) is 21.3. The Bertz CT molecular complexity index is 853. The van der Waals surface area contributed by atoms with Crippen molar-refractivity contribution in [2.75, 3.05) is 30.7 Å². The molecule has 1 aliphatic rings. The molecule has 2 aromatic rings. The Morgan fingerprint density at radius 1 is 1.13 bits per heavy atom. The number of rotatable bonds is 7. The molecule has 30 heavy (non-hydrogen) atoms. The van der Waals surface area contributed by atoms with Gasteiger partial charge < -0.3 is 15.5 Å². The maximum absolute atomic E-state index is 13.7. The quantitative estimate of drug-likeness (QED) is 0.427. The number of likely N-dealkylation sites (tertiary alicyclic amines) is 1. The van der Waals surface area contributed by atoms with Gasteiger partial charge in [0.2, 0.25) is 0 Å². The summed E-state index contributed by atoms with van der Waals surface area (Å²) in [6.07, 6.45) is 3.36. The lowest BCUT2D eigenvalue weighted by molar-refractivity contribution is 0.0724. The molecule has 0 radical (unpaired) electrons. The Kier molecular flexibility index (Phi) is 8.78. The van der Waals surface area contributed by atoms with Crippen molar-refractivity contribution in [2.24, 2.45) is 0 Å². The fourth-order valence-corrected chi connectivity index (χ4v) is 4.65. The van der Waals surface area contributed by atoms with Crippen molar-refractivity contribution >= 4 is 52.3 Å². The number of nitrogens with one attached hydrogen (secondary N) is 2. The van der Waals surface area contributed by atoms with E-state index in [1.54, 1.807) is 23.9 Å². The third-order valence-corrected chi connectivity index (χ3v) is 6.46. The first-order valence-electron chi connectivity index (χ1n) is 9.99. The minimum atomic E-state index is -0.276. The van der Waals surface area contributed by atoms with Crippen LogP contribution in [0.2, 0.25) is 5.02 Å². The minimum Gasteiger partial charge on any atom is -0.362 e. The van der Waals surface area contributed by atoms with Crippen LogP contribution in [0, 0.1) is 5.82 Å². The molecule has 0 unspecified atom stereocenters. The van der Waals surface area contributed by atoms with Gasteiger partial charge in [0.1, 0.15) is 5.82 Å². The van der Waals surface area contributed by atoms with Crippen molar-refractivity contribution in [1.29, 1.82) is 0 Å². The molecule has 1 saturated heterocycles. The third-order valence-electron chi connectivity index (χ3n) is 4.87. The van der Waals surface area contributed by atoms with E-state index < -0.39 is 0 Å².